The van der Waals surface area contributed by atoms with E-state index in [0.29, 0.717) is 6.42 Å². The standard InChI is InChI=1S/C39H44N4O9/c1-7-14-25(3)42(38(47)52-39(4,5)6)23-30-33(43(48)49)20-13-21-35(30)51-36(45)40-22-34(44)32(15-8-2)41-37(46)50-24-31-28-18-11-9-16-26(28)27-17-10-12-19-29(27)31/h7-13,16-21,25,31-32H,1-2,14-15,22-24H2,3-6H3,(H,40,45)(H,41,46)/t25?,32-/m0/s1. The molecule has 13 heteroatoms. The summed E-state index contributed by atoms with van der Waals surface area (Å²) in [5.74, 6) is -0.944. The van der Waals surface area contributed by atoms with Gasteiger partial charge >= 0.3 is 18.3 Å². The van der Waals surface area contributed by atoms with Crippen LogP contribution in [0.3, 0.4) is 0 Å². The van der Waals surface area contributed by atoms with E-state index in [9.17, 15) is 29.3 Å². The highest BCUT2D eigenvalue weighted by atomic mass is 16.6. The summed E-state index contributed by atoms with van der Waals surface area (Å²) in [5, 5.41) is 16.9. The van der Waals surface area contributed by atoms with Crippen molar-refractivity contribution in [1.82, 2.24) is 15.5 Å². The van der Waals surface area contributed by atoms with Gasteiger partial charge in [0.05, 0.1) is 29.6 Å². The van der Waals surface area contributed by atoms with Gasteiger partial charge < -0.3 is 29.7 Å². The van der Waals surface area contributed by atoms with Gasteiger partial charge in [-0.15, -0.1) is 13.2 Å². The van der Waals surface area contributed by atoms with Gasteiger partial charge in [-0.2, -0.15) is 0 Å². The van der Waals surface area contributed by atoms with Gasteiger partial charge in [0.2, 0.25) is 0 Å². The molecule has 2 N–H and O–H groups in total. The van der Waals surface area contributed by atoms with Crippen molar-refractivity contribution in [3.63, 3.8) is 0 Å². The number of hydrogen-bond donors (Lipinski definition) is 2. The molecule has 0 heterocycles. The van der Waals surface area contributed by atoms with Crippen molar-refractivity contribution in [2.45, 2.75) is 70.7 Å². The van der Waals surface area contributed by atoms with Gasteiger partial charge in [0.15, 0.2) is 5.78 Å². The number of nitro benzene ring substituents is 1. The first-order chi connectivity index (χ1) is 24.7. The zero-order valence-corrected chi connectivity index (χ0v) is 29.8. The van der Waals surface area contributed by atoms with Gasteiger partial charge in [-0.3, -0.25) is 14.9 Å². The summed E-state index contributed by atoms with van der Waals surface area (Å²) in [6, 6.07) is 18.1. The summed E-state index contributed by atoms with van der Waals surface area (Å²) < 4.78 is 16.6. The number of alkyl carbamates (subject to hydrolysis) is 1. The minimum Gasteiger partial charge on any atom is -0.449 e. The number of ether oxygens (including phenoxy) is 3. The number of benzene rings is 3. The molecule has 3 aromatic carbocycles. The van der Waals surface area contributed by atoms with E-state index in [0.717, 1.165) is 22.3 Å². The third kappa shape index (κ3) is 9.83. The Labute approximate surface area is 302 Å². The lowest BCUT2D eigenvalue weighted by atomic mass is 9.98. The van der Waals surface area contributed by atoms with Crippen LogP contribution < -0.4 is 15.4 Å². The van der Waals surface area contributed by atoms with Crippen LogP contribution in [0.2, 0.25) is 0 Å². The Morgan fingerprint density at radius 2 is 1.54 bits per heavy atom. The van der Waals surface area contributed by atoms with Crippen LogP contribution in [0.15, 0.2) is 92.0 Å². The van der Waals surface area contributed by atoms with Crippen LogP contribution in [-0.4, -0.2) is 64.7 Å². The van der Waals surface area contributed by atoms with Gasteiger partial charge in [-0.1, -0.05) is 66.7 Å². The highest BCUT2D eigenvalue weighted by molar-refractivity contribution is 5.91. The first-order valence-corrected chi connectivity index (χ1v) is 16.8. The lowest BCUT2D eigenvalue weighted by Crippen LogP contribution is -2.46. The smallest absolute Gasteiger partial charge is 0.412 e. The Balaban J connectivity index is 1.40. The van der Waals surface area contributed by atoms with Crippen LogP contribution in [0.25, 0.3) is 11.1 Å². The van der Waals surface area contributed by atoms with E-state index in [1.807, 2.05) is 48.5 Å². The number of carbonyl (C=O) groups excluding carboxylic acids is 4. The van der Waals surface area contributed by atoms with Gasteiger partial charge in [0.25, 0.3) is 5.69 Å². The first kappa shape index (κ1) is 38.8. The van der Waals surface area contributed by atoms with E-state index < -0.39 is 53.2 Å². The predicted octanol–water partition coefficient (Wildman–Crippen LogP) is 7.44. The molecule has 3 amide bonds. The van der Waals surface area contributed by atoms with Crippen molar-refractivity contribution < 1.29 is 38.3 Å². The molecule has 1 unspecified atom stereocenters. The van der Waals surface area contributed by atoms with Crippen molar-refractivity contribution in [1.29, 1.82) is 0 Å². The van der Waals surface area contributed by atoms with E-state index in [2.05, 4.69) is 23.8 Å². The average molecular weight is 713 g/mol. The minimum absolute atomic E-state index is 0.0443. The quantitative estimate of drug-likeness (QED) is 0.0925. The number of amides is 3. The molecule has 0 aromatic heterocycles. The summed E-state index contributed by atoms with van der Waals surface area (Å²) in [6.07, 6.45) is 0.836. The maximum Gasteiger partial charge on any atom is 0.412 e. The molecule has 0 saturated carbocycles. The molecule has 13 nitrogen and oxygen atoms in total. The SMILES string of the molecule is C=CCC(C)N(Cc1c(OC(=O)NCC(=O)[C@H](CC=C)NC(=O)OCC2c3ccccc3-c3ccccc32)cccc1[N+](=O)[O-])C(=O)OC(C)(C)C. The van der Waals surface area contributed by atoms with Crippen LogP contribution in [-0.2, 0) is 20.8 Å². The van der Waals surface area contributed by atoms with Crippen molar-refractivity contribution in [2.75, 3.05) is 13.2 Å². The highest BCUT2D eigenvalue weighted by Gasteiger charge is 2.32. The minimum atomic E-state index is -1.09. The lowest BCUT2D eigenvalue weighted by Gasteiger charge is -2.31. The normalized spacial score (nSPS) is 13.0. The molecule has 2 atom stereocenters. The number of Topliss-reactive ketones (excluding diaryl/α,β-unsaturated/α-hetero) is 1. The Morgan fingerprint density at radius 3 is 2.12 bits per heavy atom. The van der Waals surface area contributed by atoms with Gasteiger partial charge in [-0.25, -0.2) is 14.4 Å². The second kappa shape index (κ2) is 17.3. The van der Waals surface area contributed by atoms with E-state index in [-0.39, 0.29) is 42.5 Å². The number of hydrogen-bond acceptors (Lipinski definition) is 9. The Kier molecular flexibility index (Phi) is 12.9. The highest BCUT2D eigenvalue weighted by Crippen LogP contribution is 2.44. The van der Waals surface area contributed by atoms with Gasteiger partial charge in [0.1, 0.15) is 18.0 Å². The third-order valence-electron chi connectivity index (χ3n) is 8.34. The fourth-order valence-corrected chi connectivity index (χ4v) is 5.88. The molecule has 0 radical (unpaired) electrons. The molecule has 0 fully saturated rings. The van der Waals surface area contributed by atoms with E-state index in [4.69, 9.17) is 14.2 Å². The molecule has 274 valence electrons. The monoisotopic (exact) mass is 712 g/mol. The number of ketones is 1. The molecule has 1 aliphatic rings. The van der Waals surface area contributed by atoms with Gasteiger partial charge in [0, 0.05) is 18.0 Å². The fourth-order valence-electron chi connectivity index (χ4n) is 5.88. The van der Waals surface area contributed by atoms with Crippen molar-refractivity contribution in [3.8, 4) is 16.9 Å². The molecule has 0 spiro atoms. The Hall–Kier alpha value is -5.98. The summed E-state index contributed by atoms with van der Waals surface area (Å²) in [6.45, 7) is 13.4. The zero-order valence-electron chi connectivity index (χ0n) is 29.8. The van der Waals surface area contributed by atoms with E-state index in [1.165, 1.54) is 29.2 Å². The maximum absolute atomic E-state index is 13.2. The zero-order chi connectivity index (χ0) is 38.0. The van der Waals surface area contributed by atoms with Crippen LogP contribution in [0.5, 0.6) is 5.75 Å². The summed E-state index contributed by atoms with van der Waals surface area (Å²) >= 11 is 0. The topological polar surface area (TPSA) is 166 Å². The van der Waals surface area contributed by atoms with Crippen LogP contribution in [0.1, 0.15) is 63.1 Å². The number of fused-ring (bicyclic) bond motifs is 3. The number of nitrogens with zero attached hydrogens (tertiary/aromatic N) is 2. The lowest BCUT2D eigenvalue weighted by molar-refractivity contribution is -0.385. The van der Waals surface area contributed by atoms with Crippen LogP contribution in [0, 0.1) is 10.1 Å². The molecule has 52 heavy (non-hydrogen) atoms. The number of nitrogens with one attached hydrogen (secondary N) is 2. The summed E-state index contributed by atoms with van der Waals surface area (Å²) in [4.78, 5) is 64.8. The molecule has 0 bridgehead atoms. The van der Waals surface area contributed by atoms with Crippen molar-refractivity contribution >= 4 is 29.8 Å². The number of nitro groups is 1. The van der Waals surface area contributed by atoms with E-state index >= 15 is 0 Å². The van der Waals surface area contributed by atoms with Crippen LogP contribution >= 0.6 is 0 Å². The van der Waals surface area contributed by atoms with Crippen molar-refractivity contribution in [2.24, 2.45) is 0 Å². The molecule has 1 aliphatic carbocycles. The average Bonchev–Trinajstić information content (AvgIpc) is 3.41. The third-order valence-corrected chi connectivity index (χ3v) is 8.34. The largest absolute Gasteiger partial charge is 0.449 e. The predicted molar refractivity (Wildman–Crippen MR) is 195 cm³/mol. The first-order valence-electron chi connectivity index (χ1n) is 16.8. The maximum atomic E-state index is 13.2. The molecule has 3 aromatic rings. The van der Waals surface area contributed by atoms with Crippen molar-refractivity contribution in [3.05, 3.63) is 119 Å². The van der Waals surface area contributed by atoms with Gasteiger partial charge in [-0.05, 0) is 68.9 Å². The molecular formula is C39H44N4O9. The molecule has 4 rings (SSSR count). The molecular weight excluding hydrogens is 668 g/mol. The Morgan fingerprint density at radius 1 is 0.923 bits per heavy atom. The number of carbonyl (C=O) groups is 4. The molecule has 0 aliphatic heterocycles. The second-order valence-electron chi connectivity index (χ2n) is 13.2. The van der Waals surface area contributed by atoms with Crippen LogP contribution in [0.4, 0.5) is 20.1 Å². The number of rotatable bonds is 15. The van der Waals surface area contributed by atoms with E-state index in [1.54, 1.807) is 33.8 Å². The summed E-state index contributed by atoms with van der Waals surface area (Å²) in [5.41, 5.74) is 2.93. The summed E-state index contributed by atoms with van der Waals surface area (Å²) in [7, 11) is 0. The molecule has 0 saturated heterocycles. The Bertz CT molecular complexity index is 1790. The second-order valence-corrected chi connectivity index (χ2v) is 13.2. The fraction of sp³-hybridized carbons (Fsp3) is 0.333.